The van der Waals surface area contributed by atoms with Crippen molar-refractivity contribution < 1.29 is 9.47 Å². The molecule has 126 valence electrons. The summed E-state index contributed by atoms with van der Waals surface area (Å²) in [6.07, 6.45) is 3.47. The first-order valence-corrected chi connectivity index (χ1v) is 8.21. The van der Waals surface area contributed by atoms with Gasteiger partial charge in [-0.05, 0) is 36.4 Å². The van der Waals surface area contributed by atoms with Crippen molar-refractivity contribution >= 4 is 22.4 Å². The highest BCUT2D eigenvalue weighted by atomic mass is 16.7. The van der Waals surface area contributed by atoms with Crippen LogP contribution in [0.15, 0.2) is 67.0 Å². The first kappa shape index (κ1) is 14.7. The molecule has 1 aliphatic rings. The van der Waals surface area contributed by atoms with Gasteiger partial charge in [0, 0.05) is 35.1 Å². The molecule has 0 atom stereocenters. The summed E-state index contributed by atoms with van der Waals surface area (Å²) in [5.74, 6) is 2.86. The van der Waals surface area contributed by atoms with Gasteiger partial charge in [-0.2, -0.15) is 0 Å². The maximum atomic E-state index is 5.46. The number of pyridine rings is 1. The number of benzene rings is 2. The van der Waals surface area contributed by atoms with E-state index in [9.17, 15) is 0 Å². The minimum atomic E-state index is 0.251. The molecule has 1 aliphatic heterocycles. The second kappa shape index (κ2) is 6.00. The van der Waals surface area contributed by atoms with Crippen LogP contribution in [-0.2, 0) is 0 Å². The average Bonchev–Trinajstić information content (AvgIpc) is 3.16. The summed E-state index contributed by atoms with van der Waals surface area (Å²) < 4.78 is 10.8. The van der Waals surface area contributed by atoms with E-state index in [4.69, 9.17) is 14.5 Å². The summed E-state index contributed by atoms with van der Waals surface area (Å²) in [6.45, 7) is 0.251. The van der Waals surface area contributed by atoms with Crippen LogP contribution >= 0.6 is 0 Å². The van der Waals surface area contributed by atoms with E-state index < -0.39 is 0 Å². The van der Waals surface area contributed by atoms with Crippen LogP contribution in [0.4, 0.5) is 11.5 Å². The number of hydrogen-bond donors (Lipinski definition) is 1. The van der Waals surface area contributed by atoms with Gasteiger partial charge in [0.1, 0.15) is 5.82 Å². The Balaban J connectivity index is 1.62. The maximum Gasteiger partial charge on any atom is 0.231 e. The molecule has 0 fully saturated rings. The molecule has 2 aromatic carbocycles. The molecule has 3 heterocycles. The number of fused-ring (bicyclic) bond motifs is 2. The zero-order valence-corrected chi connectivity index (χ0v) is 13.7. The first-order valence-electron chi connectivity index (χ1n) is 8.21. The molecular formula is C20H14N4O2. The summed E-state index contributed by atoms with van der Waals surface area (Å²) in [5, 5.41) is 4.33. The molecule has 5 rings (SSSR count). The molecule has 1 N–H and O–H groups in total. The lowest BCUT2D eigenvalue weighted by Gasteiger charge is -2.11. The van der Waals surface area contributed by atoms with Crippen LogP contribution < -0.4 is 14.8 Å². The Morgan fingerprint density at radius 3 is 2.62 bits per heavy atom. The van der Waals surface area contributed by atoms with Crippen molar-refractivity contribution in [3.63, 3.8) is 0 Å². The van der Waals surface area contributed by atoms with E-state index in [0.717, 1.165) is 39.5 Å². The number of ether oxygens (including phenoxy) is 2. The quantitative estimate of drug-likeness (QED) is 0.603. The van der Waals surface area contributed by atoms with E-state index in [1.807, 2.05) is 54.6 Å². The average molecular weight is 342 g/mol. The van der Waals surface area contributed by atoms with Gasteiger partial charge in [-0.3, -0.25) is 4.98 Å². The third-order valence-corrected chi connectivity index (χ3v) is 4.18. The number of anilines is 2. The van der Waals surface area contributed by atoms with Crippen molar-refractivity contribution in [2.24, 2.45) is 0 Å². The van der Waals surface area contributed by atoms with Crippen LogP contribution in [0.2, 0.25) is 0 Å². The van der Waals surface area contributed by atoms with Crippen LogP contribution in [0.3, 0.4) is 0 Å². The van der Waals surface area contributed by atoms with E-state index in [2.05, 4.69) is 15.3 Å². The summed E-state index contributed by atoms with van der Waals surface area (Å²) in [7, 11) is 0. The van der Waals surface area contributed by atoms with Gasteiger partial charge < -0.3 is 14.8 Å². The molecule has 6 nitrogen and oxygen atoms in total. The third kappa shape index (κ3) is 2.57. The Morgan fingerprint density at radius 2 is 1.69 bits per heavy atom. The Bertz CT molecular complexity index is 1100. The number of aromatic nitrogens is 3. The van der Waals surface area contributed by atoms with E-state index >= 15 is 0 Å². The number of para-hydroxylation sites is 1. The summed E-state index contributed by atoms with van der Waals surface area (Å²) in [6, 6.07) is 17.5. The van der Waals surface area contributed by atoms with Gasteiger partial charge in [0.25, 0.3) is 0 Å². The van der Waals surface area contributed by atoms with Crippen molar-refractivity contribution in [3.8, 4) is 22.9 Å². The fourth-order valence-electron chi connectivity index (χ4n) is 2.91. The van der Waals surface area contributed by atoms with Crippen LogP contribution in [0.5, 0.6) is 11.5 Å². The summed E-state index contributed by atoms with van der Waals surface area (Å²) in [5.41, 5.74) is 2.66. The molecule has 0 bridgehead atoms. The van der Waals surface area contributed by atoms with E-state index in [0.29, 0.717) is 5.82 Å². The zero-order valence-electron chi connectivity index (χ0n) is 13.7. The molecular weight excluding hydrogens is 328 g/mol. The maximum absolute atomic E-state index is 5.46. The van der Waals surface area contributed by atoms with Crippen LogP contribution in [0, 0.1) is 0 Å². The smallest absolute Gasteiger partial charge is 0.231 e. The Labute approximate surface area is 149 Å². The largest absolute Gasteiger partial charge is 0.454 e. The molecule has 0 unspecified atom stereocenters. The molecule has 0 spiro atoms. The van der Waals surface area contributed by atoms with Crippen LogP contribution in [0.25, 0.3) is 22.3 Å². The Kier molecular flexibility index (Phi) is 3.38. The van der Waals surface area contributed by atoms with Crippen LogP contribution in [-0.4, -0.2) is 21.7 Å². The van der Waals surface area contributed by atoms with Crippen LogP contribution in [0.1, 0.15) is 0 Å². The lowest BCUT2D eigenvalue weighted by Crippen LogP contribution is -1.99. The highest BCUT2D eigenvalue weighted by molar-refractivity contribution is 5.92. The predicted molar refractivity (Wildman–Crippen MR) is 98.6 cm³/mol. The lowest BCUT2D eigenvalue weighted by atomic mass is 10.2. The normalized spacial score (nSPS) is 12.3. The van der Waals surface area contributed by atoms with Crippen molar-refractivity contribution in [1.29, 1.82) is 0 Å². The van der Waals surface area contributed by atoms with Crippen molar-refractivity contribution in [1.82, 2.24) is 15.0 Å². The molecule has 0 radical (unpaired) electrons. The zero-order chi connectivity index (χ0) is 17.3. The number of nitrogens with zero attached hydrogens (tertiary/aromatic N) is 3. The fraction of sp³-hybridized carbons (Fsp3) is 0.0500. The van der Waals surface area contributed by atoms with Gasteiger partial charge in [0.2, 0.25) is 6.79 Å². The molecule has 0 saturated heterocycles. The molecule has 6 heteroatoms. The van der Waals surface area contributed by atoms with Gasteiger partial charge in [-0.15, -0.1) is 0 Å². The van der Waals surface area contributed by atoms with Gasteiger partial charge in [-0.1, -0.05) is 12.1 Å². The number of nitrogens with one attached hydrogen (secondary N) is 1. The van der Waals surface area contributed by atoms with Gasteiger partial charge in [0.15, 0.2) is 17.3 Å². The number of rotatable bonds is 3. The van der Waals surface area contributed by atoms with E-state index in [-0.39, 0.29) is 6.79 Å². The highest BCUT2D eigenvalue weighted by Gasteiger charge is 2.15. The van der Waals surface area contributed by atoms with Crippen molar-refractivity contribution in [2.75, 3.05) is 12.1 Å². The van der Waals surface area contributed by atoms with E-state index in [1.54, 1.807) is 12.4 Å². The second-order valence-electron chi connectivity index (χ2n) is 5.84. The first-order chi connectivity index (χ1) is 12.9. The van der Waals surface area contributed by atoms with E-state index in [1.165, 1.54) is 0 Å². The van der Waals surface area contributed by atoms with Gasteiger partial charge >= 0.3 is 0 Å². The SMILES string of the molecule is c1ccc2c(Nc3ccc4c(c3)OCO4)nc(-c3ccncc3)nc2c1. The molecule has 4 aromatic rings. The van der Waals surface area contributed by atoms with Gasteiger partial charge in [0.05, 0.1) is 5.52 Å². The lowest BCUT2D eigenvalue weighted by molar-refractivity contribution is 0.174. The highest BCUT2D eigenvalue weighted by Crippen LogP contribution is 2.36. The minimum Gasteiger partial charge on any atom is -0.454 e. The molecule has 0 amide bonds. The summed E-state index contributed by atoms with van der Waals surface area (Å²) in [4.78, 5) is 13.5. The predicted octanol–water partition coefficient (Wildman–Crippen LogP) is 4.16. The number of hydrogen-bond acceptors (Lipinski definition) is 6. The topological polar surface area (TPSA) is 69.2 Å². The molecule has 2 aromatic heterocycles. The van der Waals surface area contributed by atoms with Gasteiger partial charge in [-0.25, -0.2) is 9.97 Å². The monoisotopic (exact) mass is 342 g/mol. The standard InChI is InChI=1S/C20H14N4O2/c1-2-4-16-15(3-1)20(24-19(23-16)13-7-9-21-10-8-13)22-14-5-6-17-18(11-14)26-12-25-17/h1-11H,12H2,(H,22,23,24). The second-order valence-corrected chi connectivity index (χ2v) is 5.84. The van der Waals surface area contributed by atoms with Crippen molar-refractivity contribution in [2.45, 2.75) is 0 Å². The third-order valence-electron chi connectivity index (χ3n) is 4.18. The Morgan fingerprint density at radius 1 is 0.846 bits per heavy atom. The molecule has 0 saturated carbocycles. The molecule has 26 heavy (non-hydrogen) atoms. The molecule has 0 aliphatic carbocycles. The Hall–Kier alpha value is -3.67. The minimum absolute atomic E-state index is 0.251. The fourth-order valence-corrected chi connectivity index (χ4v) is 2.91. The summed E-state index contributed by atoms with van der Waals surface area (Å²) >= 11 is 0. The van der Waals surface area contributed by atoms with Crippen molar-refractivity contribution in [3.05, 3.63) is 67.0 Å².